The van der Waals surface area contributed by atoms with Crippen molar-refractivity contribution in [3.63, 3.8) is 0 Å². The molecule has 1 saturated carbocycles. The van der Waals surface area contributed by atoms with E-state index in [4.69, 9.17) is 16.3 Å². The number of hydrogen-bond acceptors (Lipinski definition) is 3. The molecular weight excluding hydrogens is 359 g/mol. The average Bonchev–Trinajstić information content (AvgIpc) is 3.24. The average molecular weight is 383 g/mol. The van der Waals surface area contributed by atoms with Gasteiger partial charge >= 0.3 is 0 Å². The van der Waals surface area contributed by atoms with Crippen LogP contribution < -0.4 is 5.32 Å². The summed E-state index contributed by atoms with van der Waals surface area (Å²) in [6.07, 6.45) is 3.93. The van der Waals surface area contributed by atoms with Gasteiger partial charge in [-0.1, -0.05) is 24.4 Å². The third kappa shape index (κ3) is 3.71. The van der Waals surface area contributed by atoms with Gasteiger partial charge in [-0.15, -0.1) is 0 Å². The Bertz CT molecular complexity index is 691. The summed E-state index contributed by atoms with van der Waals surface area (Å²) in [6, 6.07) is 3.97. The van der Waals surface area contributed by atoms with Crippen LogP contribution in [0.3, 0.4) is 0 Å². The second-order valence-electron chi connectivity index (χ2n) is 7.22. The fourth-order valence-electron chi connectivity index (χ4n) is 4.30. The largest absolute Gasteiger partial charge is 0.383 e. The molecule has 1 aromatic carbocycles. The van der Waals surface area contributed by atoms with Crippen molar-refractivity contribution in [2.24, 2.45) is 11.3 Å². The summed E-state index contributed by atoms with van der Waals surface area (Å²) in [4.78, 5) is 27.2. The van der Waals surface area contributed by atoms with Crippen molar-refractivity contribution in [1.29, 1.82) is 0 Å². The zero-order valence-electron chi connectivity index (χ0n) is 14.9. The maximum absolute atomic E-state index is 14.1. The van der Waals surface area contributed by atoms with Gasteiger partial charge in [-0.05, 0) is 31.0 Å². The van der Waals surface area contributed by atoms with Crippen LogP contribution in [-0.2, 0) is 9.53 Å². The Labute approximate surface area is 157 Å². The first-order valence-electron chi connectivity index (χ1n) is 8.98. The van der Waals surface area contributed by atoms with E-state index in [0.29, 0.717) is 31.3 Å². The van der Waals surface area contributed by atoms with Gasteiger partial charge in [-0.25, -0.2) is 4.39 Å². The molecule has 0 radical (unpaired) electrons. The fraction of sp³-hybridized carbons (Fsp3) is 0.579. The number of methoxy groups -OCH3 is 1. The van der Waals surface area contributed by atoms with Crippen LogP contribution in [0, 0.1) is 17.2 Å². The first-order valence-corrected chi connectivity index (χ1v) is 9.36. The highest BCUT2D eigenvalue weighted by atomic mass is 35.5. The number of carbonyl (C=O) groups is 2. The Kier molecular flexibility index (Phi) is 5.82. The number of carbonyl (C=O) groups excluding carboxylic acids is 2. The monoisotopic (exact) mass is 382 g/mol. The molecule has 2 amide bonds. The summed E-state index contributed by atoms with van der Waals surface area (Å²) in [6.45, 7) is 1.68. The third-order valence-electron chi connectivity index (χ3n) is 5.62. The van der Waals surface area contributed by atoms with Crippen molar-refractivity contribution in [2.45, 2.75) is 25.7 Å². The molecule has 2 aliphatic rings. The van der Waals surface area contributed by atoms with E-state index in [1.165, 1.54) is 18.2 Å². The van der Waals surface area contributed by atoms with E-state index in [1.54, 1.807) is 12.0 Å². The molecule has 5 nitrogen and oxygen atoms in total. The Hall–Kier alpha value is -1.66. The molecule has 142 valence electrons. The Morgan fingerprint density at radius 1 is 1.38 bits per heavy atom. The standard InChI is InChI=1S/C19H24ClFN2O3/c1-26-9-8-22-17(24)15-11-23(12-19(15)6-2-3-7-19)18(25)14-10-13(20)4-5-16(14)21/h4-5,10,15H,2-3,6-9,11-12H2,1H3,(H,22,24). The first kappa shape index (κ1) is 19.1. The third-order valence-corrected chi connectivity index (χ3v) is 5.85. The number of halogens is 2. The van der Waals surface area contributed by atoms with E-state index in [-0.39, 0.29) is 22.8 Å². The number of nitrogens with one attached hydrogen (secondary N) is 1. The van der Waals surface area contributed by atoms with Gasteiger partial charge in [-0.3, -0.25) is 9.59 Å². The van der Waals surface area contributed by atoms with Gasteiger partial charge in [0.2, 0.25) is 5.91 Å². The van der Waals surface area contributed by atoms with E-state index in [2.05, 4.69) is 5.32 Å². The molecule has 1 aliphatic heterocycles. The molecule has 0 bridgehead atoms. The molecule has 1 heterocycles. The van der Waals surface area contributed by atoms with Gasteiger partial charge in [0.25, 0.3) is 5.91 Å². The number of hydrogen-bond donors (Lipinski definition) is 1. The molecule has 2 fully saturated rings. The number of rotatable bonds is 5. The smallest absolute Gasteiger partial charge is 0.256 e. The predicted molar refractivity (Wildman–Crippen MR) is 96.6 cm³/mol. The van der Waals surface area contributed by atoms with Crippen molar-refractivity contribution < 1.29 is 18.7 Å². The molecule has 7 heteroatoms. The lowest BCUT2D eigenvalue weighted by molar-refractivity contribution is -0.127. The maximum atomic E-state index is 14.1. The summed E-state index contributed by atoms with van der Waals surface area (Å²) in [5.74, 6) is -1.31. The number of amides is 2. The van der Waals surface area contributed by atoms with Gasteiger partial charge in [0.1, 0.15) is 5.82 Å². The fourth-order valence-corrected chi connectivity index (χ4v) is 4.47. The second kappa shape index (κ2) is 7.92. The summed E-state index contributed by atoms with van der Waals surface area (Å²) < 4.78 is 19.1. The Balaban J connectivity index is 1.79. The highest BCUT2D eigenvalue weighted by molar-refractivity contribution is 6.31. The van der Waals surface area contributed by atoms with Crippen LogP contribution in [0.25, 0.3) is 0 Å². The Morgan fingerprint density at radius 2 is 2.12 bits per heavy atom. The summed E-state index contributed by atoms with van der Waals surface area (Å²) in [5, 5.41) is 3.22. The highest BCUT2D eigenvalue weighted by Crippen LogP contribution is 2.49. The van der Waals surface area contributed by atoms with Crippen molar-refractivity contribution in [1.82, 2.24) is 10.2 Å². The van der Waals surface area contributed by atoms with Crippen molar-refractivity contribution in [3.8, 4) is 0 Å². The van der Waals surface area contributed by atoms with Gasteiger partial charge < -0.3 is 15.0 Å². The molecule has 1 unspecified atom stereocenters. The molecule has 1 saturated heterocycles. The van der Waals surface area contributed by atoms with E-state index in [0.717, 1.165) is 25.7 Å². The minimum Gasteiger partial charge on any atom is -0.383 e. The Morgan fingerprint density at radius 3 is 2.81 bits per heavy atom. The maximum Gasteiger partial charge on any atom is 0.256 e. The number of nitrogens with zero attached hydrogens (tertiary/aromatic N) is 1. The lowest BCUT2D eigenvalue weighted by Crippen LogP contribution is -2.41. The minimum absolute atomic E-state index is 0.0360. The molecular formula is C19H24ClFN2O3. The van der Waals surface area contributed by atoms with Gasteiger partial charge in [-0.2, -0.15) is 0 Å². The molecule has 1 spiro atoms. The lowest BCUT2D eigenvalue weighted by Gasteiger charge is -2.28. The summed E-state index contributed by atoms with van der Waals surface area (Å²) in [5.41, 5.74) is -0.243. The van der Waals surface area contributed by atoms with Gasteiger partial charge in [0.15, 0.2) is 0 Å². The van der Waals surface area contributed by atoms with Crippen LogP contribution in [-0.4, -0.2) is 50.1 Å². The second-order valence-corrected chi connectivity index (χ2v) is 7.65. The highest BCUT2D eigenvalue weighted by Gasteiger charge is 2.52. The van der Waals surface area contributed by atoms with E-state index in [9.17, 15) is 14.0 Å². The first-order chi connectivity index (χ1) is 12.5. The van der Waals surface area contributed by atoms with Gasteiger partial charge in [0, 0.05) is 37.2 Å². The number of ether oxygens (including phenoxy) is 1. The normalized spacial score (nSPS) is 21.3. The SMILES string of the molecule is COCCNC(=O)C1CN(C(=O)c2cc(Cl)ccc2F)CC12CCCC2. The van der Waals surface area contributed by atoms with Crippen molar-refractivity contribution >= 4 is 23.4 Å². The van der Waals surface area contributed by atoms with Crippen molar-refractivity contribution in [2.75, 3.05) is 33.4 Å². The molecule has 1 atom stereocenters. The van der Waals surface area contributed by atoms with Crippen LogP contribution >= 0.6 is 11.6 Å². The predicted octanol–water partition coefficient (Wildman–Crippen LogP) is 2.87. The van der Waals surface area contributed by atoms with E-state index in [1.807, 2.05) is 0 Å². The molecule has 1 aliphatic carbocycles. The molecule has 3 rings (SSSR count). The van der Waals surface area contributed by atoms with Crippen molar-refractivity contribution in [3.05, 3.63) is 34.6 Å². The zero-order chi connectivity index (χ0) is 18.7. The molecule has 26 heavy (non-hydrogen) atoms. The van der Waals surface area contributed by atoms with Crippen LogP contribution in [0.1, 0.15) is 36.0 Å². The number of likely N-dealkylation sites (tertiary alicyclic amines) is 1. The molecule has 0 aromatic heterocycles. The van der Waals surface area contributed by atoms with Crippen LogP contribution in [0.4, 0.5) is 4.39 Å². The number of benzene rings is 1. The lowest BCUT2D eigenvalue weighted by atomic mass is 9.76. The van der Waals surface area contributed by atoms with E-state index < -0.39 is 11.7 Å². The van der Waals surface area contributed by atoms with Gasteiger partial charge in [0.05, 0.1) is 18.1 Å². The van der Waals surface area contributed by atoms with Crippen LogP contribution in [0.5, 0.6) is 0 Å². The topological polar surface area (TPSA) is 58.6 Å². The van der Waals surface area contributed by atoms with Crippen LogP contribution in [0.2, 0.25) is 5.02 Å². The molecule has 1 N–H and O–H groups in total. The summed E-state index contributed by atoms with van der Waals surface area (Å²) >= 11 is 5.92. The quantitative estimate of drug-likeness (QED) is 0.796. The minimum atomic E-state index is -0.590. The summed E-state index contributed by atoms with van der Waals surface area (Å²) in [7, 11) is 1.58. The van der Waals surface area contributed by atoms with Crippen LogP contribution in [0.15, 0.2) is 18.2 Å². The zero-order valence-corrected chi connectivity index (χ0v) is 15.7. The molecule has 1 aromatic rings. The van der Waals surface area contributed by atoms with E-state index >= 15 is 0 Å².